The molecule has 13 atom stereocenters. The summed E-state index contributed by atoms with van der Waals surface area (Å²) >= 11 is 0. The number of aliphatic hydroxyl groups is 3. The molecule has 0 radical (unpaired) electrons. The number of hydrogen-bond acceptors (Lipinski definition) is 7. The minimum Gasteiger partial charge on any atom is -0.479 e. The second-order valence-electron chi connectivity index (χ2n) is 12.4. The lowest BCUT2D eigenvalue weighted by Gasteiger charge is -2.61. The maximum Gasteiger partial charge on any atom is 0.335 e. The Labute approximate surface area is 201 Å². The highest BCUT2D eigenvalue weighted by atomic mass is 16.7. The third-order valence-corrected chi connectivity index (χ3v) is 10.8. The third-order valence-electron chi connectivity index (χ3n) is 10.8. The average Bonchev–Trinajstić information content (AvgIpc) is 3.09. The summed E-state index contributed by atoms with van der Waals surface area (Å²) < 4.78 is 11.5. The monoisotopic (exact) mass is 480 g/mol. The van der Waals surface area contributed by atoms with Crippen LogP contribution in [-0.2, 0) is 19.1 Å². The van der Waals surface area contributed by atoms with Crippen molar-refractivity contribution in [1.82, 2.24) is 0 Å². The Morgan fingerprint density at radius 2 is 1.76 bits per heavy atom. The summed E-state index contributed by atoms with van der Waals surface area (Å²) in [7, 11) is 0. The minimum atomic E-state index is -1.71. The van der Waals surface area contributed by atoms with Gasteiger partial charge in [-0.1, -0.05) is 20.8 Å². The van der Waals surface area contributed by atoms with E-state index in [4.69, 9.17) is 9.47 Å². The lowest BCUT2D eigenvalue weighted by atomic mass is 9.44. The van der Waals surface area contributed by atoms with Crippen molar-refractivity contribution in [3.63, 3.8) is 0 Å². The van der Waals surface area contributed by atoms with E-state index in [0.29, 0.717) is 29.5 Å². The van der Waals surface area contributed by atoms with Crippen molar-refractivity contribution in [2.45, 2.75) is 109 Å². The molecule has 0 aromatic rings. The molecule has 8 heteroatoms. The Morgan fingerprint density at radius 1 is 1.03 bits per heavy atom. The zero-order chi connectivity index (χ0) is 24.6. The zero-order valence-corrected chi connectivity index (χ0v) is 20.4. The van der Waals surface area contributed by atoms with Gasteiger partial charge in [0.15, 0.2) is 12.4 Å². The lowest BCUT2D eigenvalue weighted by molar-refractivity contribution is -0.314. The Balaban J connectivity index is 1.30. The molecule has 0 spiro atoms. The molecule has 4 aliphatic carbocycles. The second kappa shape index (κ2) is 8.51. The van der Waals surface area contributed by atoms with Gasteiger partial charge in [-0.05, 0) is 80.0 Å². The lowest BCUT2D eigenvalue weighted by Crippen LogP contribution is -2.61. The number of fused-ring (bicyclic) bond motifs is 5. The van der Waals surface area contributed by atoms with Gasteiger partial charge in [0.2, 0.25) is 0 Å². The van der Waals surface area contributed by atoms with Crippen molar-refractivity contribution in [2.24, 2.45) is 40.4 Å². The highest BCUT2D eigenvalue weighted by Crippen LogP contribution is 2.66. The van der Waals surface area contributed by atoms with Crippen LogP contribution in [-0.4, -0.2) is 69.0 Å². The van der Waals surface area contributed by atoms with Crippen molar-refractivity contribution >= 4 is 11.8 Å². The van der Waals surface area contributed by atoms with E-state index in [1.807, 2.05) is 0 Å². The number of hydrogen-bond donors (Lipinski definition) is 4. The Morgan fingerprint density at radius 3 is 2.47 bits per heavy atom. The summed E-state index contributed by atoms with van der Waals surface area (Å²) in [5.74, 6) is 1.39. The van der Waals surface area contributed by atoms with Gasteiger partial charge in [-0.2, -0.15) is 0 Å². The van der Waals surface area contributed by atoms with Gasteiger partial charge in [0.1, 0.15) is 24.1 Å². The Kier molecular flexibility index (Phi) is 6.16. The number of carbonyl (C=O) groups excluding carboxylic acids is 1. The number of carboxylic acid groups (broad SMARTS) is 1. The number of carbonyl (C=O) groups is 2. The first-order chi connectivity index (χ1) is 16.0. The number of aliphatic hydroxyl groups excluding tert-OH is 3. The molecule has 1 aliphatic heterocycles. The minimum absolute atomic E-state index is 0.128. The molecule has 5 aliphatic rings. The predicted molar refractivity (Wildman–Crippen MR) is 120 cm³/mol. The molecule has 5 fully saturated rings. The van der Waals surface area contributed by atoms with Crippen molar-refractivity contribution in [1.29, 1.82) is 0 Å². The van der Waals surface area contributed by atoms with E-state index in [-0.39, 0.29) is 22.9 Å². The van der Waals surface area contributed by atoms with Crippen LogP contribution in [0, 0.1) is 40.4 Å². The number of aliphatic carboxylic acids is 1. The van der Waals surface area contributed by atoms with Crippen molar-refractivity contribution in [3.8, 4) is 0 Å². The molecule has 0 amide bonds. The first kappa shape index (κ1) is 24.6. The van der Waals surface area contributed by atoms with Crippen LogP contribution in [0.4, 0.5) is 0 Å². The molecule has 5 rings (SSSR count). The van der Waals surface area contributed by atoms with Gasteiger partial charge in [0.25, 0.3) is 0 Å². The number of carboxylic acids is 1. The fourth-order valence-corrected chi connectivity index (χ4v) is 8.88. The fraction of sp³-hybridized carbons (Fsp3) is 0.923. The van der Waals surface area contributed by atoms with Crippen LogP contribution < -0.4 is 0 Å². The van der Waals surface area contributed by atoms with Gasteiger partial charge in [-0.3, -0.25) is 4.79 Å². The molecule has 0 aromatic heterocycles. The van der Waals surface area contributed by atoms with E-state index in [9.17, 15) is 30.0 Å². The number of rotatable bonds is 3. The topological polar surface area (TPSA) is 134 Å². The van der Waals surface area contributed by atoms with Gasteiger partial charge in [-0.25, -0.2) is 4.79 Å². The Bertz CT molecular complexity index is 832. The van der Waals surface area contributed by atoms with E-state index in [0.717, 1.165) is 51.4 Å². The van der Waals surface area contributed by atoms with Crippen LogP contribution in [0.25, 0.3) is 0 Å². The first-order valence-electron chi connectivity index (χ1n) is 13.1. The van der Waals surface area contributed by atoms with Crippen LogP contribution in [0.5, 0.6) is 0 Å². The van der Waals surface area contributed by atoms with Crippen LogP contribution >= 0.6 is 0 Å². The SMILES string of the molecule is C[C@@H]1C[C@]2(C)C3CC[C@]4(C)C(=O)CCC4C3CC[C@H]2C[C@@H]1O[C@@H]1OC(C(=O)O)[C@@H](O)[C@@H](O)C1O. The maximum absolute atomic E-state index is 12.7. The van der Waals surface area contributed by atoms with E-state index in [1.165, 1.54) is 0 Å². The molecule has 0 bridgehead atoms. The molecule has 0 aromatic carbocycles. The Hall–Kier alpha value is -1.06. The molecule has 1 heterocycles. The molecule has 4 saturated carbocycles. The normalized spacial score (nSPS) is 55.2. The standard InChI is InChI=1S/C26H40O8/c1-12-11-26(3)13(4-5-14-15-6-7-18(27)25(15,2)9-8-16(14)26)10-17(12)33-24-21(30)19(28)20(29)22(34-24)23(31)32/h12-17,19-22,24,28-30H,4-11H2,1-3H3,(H,31,32)/t12-,13+,14?,15?,16?,17+,19-,20+,21?,22?,24-,25+,26+/m1/s1. The summed E-state index contributed by atoms with van der Waals surface area (Å²) in [6.07, 6.45) is -0.205. The van der Waals surface area contributed by atoms with Gasteiger partial charge in [-0.15, -0.1) is 0 Å². The van der Waals surface area contributed by atoms with Crippen LogP contribution in [0.3, 0.4) is 0 Å². The molecule has 34 heavy (non-hydrogen) atoms. The van der Waals surface area contributed by atoms with Gasteiger partial charge >= 0.3 is 5.97 Å². The quantitative estimate of drug-likeness (QED) is 0.452. The highest BCUT2D eigenvalue weighted by molar-refractivity contribution is 5.87. The van der Waals surface area contributed by atoms with E-state index in [1.54, 1.807) is 0 Å². The maximum atomic E-state index is 12.7. The zero-order valence-electron chi connectivity index (χ0n) is 20.4. The van der Waals surface area contributed by atoms with Crippen molar-refractivity contribution in [2.75, 3.05) is 0 Å². The van der Waals surface area contributed by atoms with Gasteiger partial charge in [0.05, 0.1) is 6.10 Å². The summed E-state index contributed by atoms with van der Waals surface area (Å²) in [4.78, 5) is 24.1. The molecular formula is C26H40O8. The average molecular weight is 481 g/mol. The number of ketones is 1. The molecular weight excluding hydrogens is 440 g/mol. The first-order valence-corrected chi connectivity index (χ1v) is 13.1. The van der Waals surface area contributed by atoms with E-state index in [2.05, 4.69) is 20.8 Å². The predicted octanol–water partition coefficient (Wildman–Crippen LogP) is 2.12. The van der Waals surface area contributed by atoms with Crippen LogP contribution in [0.2, 0.25) is 0 Å². The van der Waals surface area contributed by atoms with Crippen LogP contribution in [0.15, 0.2) is 0 Å². The van der Waals surface area contributed by atoms with Gasteiger partial charge < -0.3 is 29.9 Å². The van der Waals surface area contributed by atoms with E-state index >= 15 is 0 Å². The molecule has 8 nitrogen and oxygen atoms in total. The summed E-state index contributed by atoms with van der Waals surface area (Å²) in [5, 5.41) is 39.9. The smallest absolute Gasteiger partial charge is 0.335 e. The summed E-state index contributed by atoms with van der Waals surface area (Å²) in [6.45, 7) is 6.76. The summed E-state index contributed by atoms with van der Waals surface area (Å²) in [6, 6.07) is 0. The fourth-order valence-electron chi connectivity index (χ4n) is 8.88. The third kappa shape index (κ3) is 3.59. The summed E-state index contributed by atoms with van der Waals surface area (Å²) in [5.41, 5.74) is 0.0390. The second-order valence-corrected chi connectivity index (χ2v) is 12.4. The van der Waals surface area contributed by atoms with E-state index < -0.39 is 36.7 Å². The number of Topliss-reactive ketones (excluding diaryl/α,β-unsaturated/α-hetero) is 1. The van der Waals surface area contributed by atoms with Crippen molar-refractivity contribution < 1.29 is 39.5 Å². The molecule has 192 valence electrons. The highest BCUT2D eigenvalue weighted by Gasteiger charge is 2.61. The number of ether oxygens (including phenoxy) is 2. The molecule has 5 unspecified atom stereocenters. The van der Waals surface area contributed by atoms with Crippen molar-refractivity contribution in [3.05, 3.63) is 0 Å². The molecule has 1 saturated heterocycles. The largest absolute Gasteiger partial charge is 0.479 e. The van der Waals surface area contributed by atoms with Gasteiger partial charge in [0, 0.05) is 11.8 Å². The molecule has 4 N–H and O–H groups in total. The van der Waals surface area contributed by atoms with Crippen LogP contribution in [0.1, 0.15) is 72.1 Å².